The fraction of sp³-hybridized carbons (Fsp3) is 0.455. The Hall–Kier alpha value is -1.01. The Morgan fingerprint density at radius 1 is 1.71 bits per heavy atom. The molecule has 1 atom stereocenters. The molecule has 6 heteroatoms. The molecule has 1 aromatic heterocycles. The second-order valence-corrected chi connectivity index (χ2v) is 4.73. The van der Waals surface area contributed by atoms with E-state index in [9.17, 15) is 4.39 Å². The van der Waals surface area contributed by atoms with Crippen LogP contribution in [0.15, 0.2) is 21.9 Å². The first kappa shape index (κ1) is 14.1. The Labute approximate surface area is 108 Å². The number of hydrogen-bond donors (Lipinski definition) is 1. The first-order valence-electron chi connectivity index (χ1n) is 5.21. The minimum absolute atomic E-state index is 0.194. The third-order valence-electron chi connectivity index (χ3n) is 2.71. The molecule has 1 aromatic rings. The maximum atomic E-state index is 13.4. The number of hydrogen-bond acceptors (Lipinski definition) is 4. The number of nitrogens with zero attached hydrogens (tertiary/aromatic N) is 3. The third-order valence-corrected chi connectivity index (χ3v) is 3.15. The summed E-state index contributed by atoms with van der Waals surface area (Å²) in [4.78, 5) is 5.89. The Morgan fingerprint density at radius 2 is 2.35 bits per heavy atom. The Kier molecular flexibility index (Phi) is 5.50. The standard InChI is InChI=1S/C10H12BrFN2.CH3NO/c1-14-4-2-3-9(14)8-5-7(11)6-13-10(8)12;1-2-3/h5-6,9H,2-4H2,1H3;3H,1H2. The van der Waals surface area contributed by atoms with E-state index >= 15 is 0 Å². The van der Waals surface area contributed by atoms with Crippen molar-refractivity contribution < 1.29 is 9.60 Å². The van der Waals surface area contributed by atoms with Gasteiger partial charge in [0.15, 0.2) is 0 Å². The van der Waals surface area contributed by atoms with Gasteiger partial charge in [0.2, 0.25) is 5.95 Å². The highest BCUT2D eigenvalue weighted by molar-refractivity contribution is 9.10. The van der Waals surface area contributed by atoms with Gasteiger partial charge < -0.3 is 5.21 Å². The summed E-state index contributed by atoms with van der Waals surface area (Å²) in [7, 11) is 2.03. The van der Waals surface area contributed by atoms with Crippen LogP contribution in [0.1, 0.15) is 24.4 Å². The van der Waals surface area contributed by atoms with E-state index in [1.807, 2.05) is 13.1 Å². The van der Waals surface area contributed by atoms with Crippen molar-refractivity contribution in [2.45, 2.75) is 18.9 Å². The van der Waals surface area contributed by atoms with E-state index in [4.69, 9.17) is 5.21 Å². The van der Waals surface area contributed by atoms with E-state index in [0.717, 1.165) is 23.9 Å². The van der Waals surface area contributed by atoms with Crippen molar-refractivity contribution in [3.05, 3.63) is 28.2 Å². The van der Waals surface area contributed by atoms with Gasteiger partial charge >= 0.3 is 0 Å². The molecule has 0 radical (unpaired) electrons. The zero-order valence-corrected chi connectivity index (χ0v) is 11.2. The van der Waals surface area contributed by atoms with E-state index < -0.39 is 0 Å². The number of likely N-dealkylation sites (tertiary alicyclic amines) is 1. The second kappa shape index (κ2) is 6.66. The molecule has 1 N–H and O–H groups in total. The van der Waals surface area contributed by atoms with Crippen molar-refractivity contribution in [2.75, 3.05) is 13.6 Å². The molecule has 1 aliphatic rings. The molecule has 17 heavy (non-hydrogen) atoms. The van der Waals surface area contributed by atoms with Crippen LogP contribution in [0.3, 0.4) is 0 Å². The van der Waals surface area contributed by atoms with Crippen LogP contribution in [0.5, 0.6) is 0 Å². The van der Waals surface area contributed by atoms with E-state index in [1.165, 1.54) is 6.20 Å². The van der Waals surface area contributed by atoms with Crippen molar-refractivity contribution in [1.29, 1.82) is 0 Å². The fourth-order valence-corrected chi connectivity index (χ4v) is 2.32. The summed E-state index contributed by atoms with van der Waals surface area (Å²) in [5.41, 5.74) is 0.708. The van der Waals surface area contributed by atoms with Crippen LogP contribution >= 0.6 is 15.9 Å². The molecule has 0 aromatic carbocycles. The quantitative estimate of drug-likeness (QED) is 0.376. The van der Waals surface area contributed by atoms with E-state index in [1.54, 1.807) is 0 Å². The number of rotatable bonds is 1. The molecule has 0 spiro atoms. The summed E-state index contributed by atoms with van der Waals surface area (Å²) in [6, 6.07) is 2.02. The van der Waals surface area contributed by atoms with Crippen LogP contribution in [0.25, 0.3) is 0 Å². The average Bonchev–Trinajstić information content (AvgIpc) is 2.69. The molecule has 94 valence electrons. The first-order valence-corrected chi connectivity index (χ1v) is 6.00. The van der Waals surface area contributed by atoms with Gasteiger partial charge in [-0.25, -0.2) is 4.98 Å². The molecule has 4 nitrogen and oxygen atoms in total. The van der Waals surface area contributed by atoms with Gasteiger partial charge in [-0.05, 0) is 48.4 Å². The smallest absolute Gasteiger partial charge is 0.217 e. The van der Waals surface area contributed by atoms with Gasteiger partial charge in [0.1, 0.15) is 0 Å². The van der Waals surface area contributed by atoms with Crippen LogP contribution < -0.4 is 0 Å². The van der Waals surface area contributed by atoms with Gasteiger partial charge in [0, 0.05) is 29.0 Å². The van der Waals surface area contributed by atoms with Crippen LogP contribution in [-0.4, -0.2) is 35.4 Å². The second-order valence-electron chi connectivity index (χ2n) is 3.81. The molecule has 2 rings (SSSR count). The lowest BCUT2D eigenvalue weighted by Gasteiger charge is -2.19. The lowest BCUT2D eigenvalue weighted by atomic mass is 10.1. The van der Waals surface area contributed by atoms with Gasteiger partial charge in [-0.3, -0.25) is 4.90 Å². The SMILES string of the molecule is C=NO.CN1CCCC1c1cc(Br)cnc1F. The summed E-state index contributed by atoms with van der Waals surface area (Å²) in [6.07, 6.45) is 3.65. The predicted octanol–water partition coefficient (Wildman–Crippen LogP) is 2.83. The normalized spacial score (nSPS) is 19.6. The van der Waals surface area contributed by atoms with E-state index in [0.29, 0.717) is 5.56 Å². The van der Waals surface area contributed by atoms with E-state index in [-0.39, 0.29) is 12.0 Å². The predicted molar refractivity (Wildman–Crippen MR) is 67.8 cm³/mol. The number of aromatic nitrogens is 1. The largest absolute Gasteiger partial charge is 0.411 e. The summed E-state index contributed by atoms with van der Waals surface area (Å²) in [5, 5.41) is 9.33. The van der Waals surface area contributed by atoms with Crippen molar-refractivity contribution >= 4 is 22.6 Å². The number of pyridine rings is 1. The van der Waals surface area contributed by atoms with Crippen LogP contribution in [0, 0.1) is 5.95 Å². The third kappa shape index (κ3) is 3.74. The molecule has 1 aliphatic heterocycles. The Balaban J connectivity index is 0.000000437. The van der Waals surface area contributed by atoms with Gasteiger partial charge in [-0.1, -0.05) is 0 Å². The lowest BCUT2D eigenvalue weighted by Crippen LogP contribution is -2.18. The number of oxime groups is 1. The number of halogens is 2. The molecule has 1 fully saturated rings. The van der Waals surface area contributed by atoms with Gasteiger partial charge in [-0.2, -0.15) is 4.39 Å². The van der Waals surface area contributed by atoms with Crippen molar-refractivity contribution in [3.8, 4) is 0 Å². The van der Waals surface area contributed by atoms with Crippen molar-refractivity contribution in [1.82, 2.24) is 9.88 Å². The molecule has 0 saturated carbocycles. The maximum absolute atomic E-state index is 13.4. The summed E-state index contributed by atoms with van der Waals surface area (Å²) in [6.45, 7) is 3.70. The van der Waals surface area contributed by atoms with Gasteiger partial charge in [-0.15, -0.1) is 5.16 Å². The lowest BCUT2D eigenvalue weighted by molar-refractivity contribution is 0.307. The minimum Gasteiger partial charge on any atom is -0.411 e. The Morgan fingerprint density at radius 3 is 2.88 bits per heavy atom. The Bertz CT molecular complexity index is 389. The average molecular weight is 304 g/mol. The molecular weight excluding hydrogens is 289 g/mol. The molecule has 1 unspecified atom stereocenters. The fourth-order valence-electron chi connectivity index (χ4n) is 1.98. The summed E-state index contributed by atoms with van der Waals surface area (Å²) < 4.78 is 14.3. The highest BCUT2D eigenvalue weighted by Gasteiger charge is 2.25. The highest BCUT2D eigenvalue weighted by Crippen LogP contribution is 2.32. The van der Waals surface area contributed by atoms with Crippen LogP contribution in [0.2, 0.25) is 0 Å². The topological polar surface area (TPSA) is 48.7 Å². The minimum atomic E-state index is -0.341. The molecule has 1 saturated heterocycles. The monoisotopic (exact) mass is 303 g/mol. The zero-order valence-electron chi connectivity index (χ0n) is 9.61. The van der Waals surface area contributed by atoms with E-state index in [2.05, 4.69) is 37.7 Å². The first-order chi connectivity index (χ1) is 8.10. The molecule has 0 amide bonds. The molecular formula is C11H15BrFN3O. The van der Waals surface area contributed by atoms with Gasteiger partial charge in [0.25, 0.3) is 0 Å². The van der Waals surface area contributed by atoms with Gasteiger partial charge in [0.05, 0.1) is 0 Å². The molecule has 0 bridgehead atoms. The zero-order chi connectivity index (χ0) is 12.8. The summed E-state index contributed by atoms with van der Waals surface area (Å²) >= 11 is 3.32. The molecule has 0 aliphatic carbocycles. The molecule has 2 heterocycles. The van der Waals surface area contributed by atoms with Crippen LogP contribution in [0.4, 0.5) is 4.39 Å². The van der Waals surface area contributed by atoms with Crippen molar-refractivity contribution in [3.63, 3.8) is 0 Å². The van der Waals surface area contributed by atoms with Crippen LogP contribution in [-0.2, 0) is 0 Å². The van der Waals surface area contributed by atoms with Crippen molar-refractivity contribution in [2.24, 2.45) is 5.16 Å². The summed E-state index contributed by atoms with van der Waals surface area (Å²) in [5.74, 6) is -0.341. The highest BCUT2D eigenvalue weighted by atomic mass is 79.9. The maximum Gasteiger partial charge on any atom is 0.217 e.